The second-order valence-electron chi connectivity index (χ2n) is 7.78. The second kappa shape index (κ2) is 11.0. The number of carbonyl (C=O) groups excluding carboxylic acids is 3. The molecule has 1 aliphatic rings. The van der Waals surface area contributed by atoms with Crippen LogP contribution in [0.25, 0.3) is 0 Å². The normalized spacial score (nSPS) is 14.2. The summed E-state index contributed by atoms with van der Waals surface area (Å²) in [4.78, 5) is 38.5. The van der Waals surface area contributed by atoms with E-state index in [9.17, 15) is 14.4 Å². The van der Waals surface area contributed by atoms with Crippen molar-refractivity contribution in [2.75, 3.05) is 25.0 Å². The quantitative estimate of drug-likeness (QED) is 0.404. The molecule has 0 unspecified atom stereocenters. The molecule has 0 bridgehead atoms. The SMILES string of the molecule is O=C(COC(=O)C1CCN(C(=O)c2ccco2)CC1)Nc1ccc(N=Nc2ccccc2)cc1. The lowest BCUT2D eigenvalue weighted by Crippen LogP contribution is -2.40. The Hall–Kier alpha value is -4.27. The number of hydrogen-bond acceptors (Lipinski definition) is 7. The molecule has 0 atom stereocenters. The molecule has 1 aliphatic heterocycles. The third-order valence-corrected chi connectivity index (χ3v) is 5.38. The molecule has 1 N–H and O–H groups in total. The van der Waals surface area contributed by atoms with E-state index in [0.717, 1.165) is 5.69 Å². The summed E-state index contributed by atoms with van der Waals surface area (Å²) in [5, 5.41) is 11.0. The van der Waals surface area contributed by atoms with E-state index >= 15 is 0 Å². The van der Waals surface area contributed by atoms with Crippen molar-refractivity contribution in [3.63, 3.8) is 0 Å². The average molecular weight is 460 g/mol. The third kappa shape index (κ3) is 6.16. The fraction of sp³-hybridized carbons (Fsp3) is 0.240. The van der Waals surface area contributed by atoms with Crippen LogP contribution < -0.4 is 5.32 Å². The summed E-state index contributed by atoms with van der Waals surface area (Å²) >= 11 is 0. The van der Waals surface area contributed by atoms with Crippen molar-refractivity contribution in [3.8, 4) is 0 Å². The molecule has 1 aromatic heterocycles. The average Bonchev–Trinajstić information content (AvgIpc) is 3.42. The summed E-state index contributed by atoms with van der Waals surface area (Å²) in [6.07, 6.45) is 2.41. The zero-order chi connectivity index (χ0) is 23.8. The number of nitrogens with one attached hydrogen (secondary N) is 1. The Balaban J connectivity index is 1.18. The molecule has 0 saturated carbocycles. The Bertz CT molecular complexity index is 1140. The number of furan rings is 1. The maximum atomic E-state index is 12.3. The number of likely N-dealkylation sites (tertiary alicyclic amines) is 1. The van der Waals surface area contributed by atoms with Gasteiger partial charge in [-0.2, -0.15) is 10.2 Å². The van der Waals surface area contributed by atoms with Crippen LogP contribution >= 0.6 is 0 Å². The Morgan fingerprint density at radius 2 is 1.59 bits per heavy atom. The minimum absolute atomic E-state index is 0.191. The number of hydrogen-bond donors (Lipinski definition) is 1. The van der Waals surface area contributed by atoms with Crippen molar-refractivity contribution in [2.45, 2.75) is 12.8 Å². The minimum Gasteiger partial charge on any atom is -0.459 e. The number of carbonyl (C=O) groups is 3. The monoisotopic (exact) mass is 460 g/mol. The fourth-order valence-corrected chi connectivity index (χ4v) is 3.55. The molecule has 174 valence electrons. The molecule has 2 amide bonds. The van der Waals surface area contributed by atoms with Crippen LogP contribution in [0.2, 0.25) is 0 Å². The van der Waals surface area contributed by atoms with Gasteiger partial charge >= 0.3 is 5.97 Å². The molecule has 0 radical (unpaired) electrons. The zero-order valence-corrected chi connectivity index (χ0v) is 18.4. The van der Waals surface area contributed by atoms with Gasteiger partial charge in [0.1, 0.15) is 0 Å². The molecule has 0 spiro atoms. The number of rotatable bonds is 7. The van der Waals surface area contributed by atoms with E-state index in [1.54, 1.807) is 41.3 Å². The van der Waals surface area contributed by atoms with Crippen molar-refractivity contribution < 1.29 is 23.5 Å². The van der Waals surface area contributed by atoms with Gasteiger partial charge in [-0.25, -0.2) is 0 Å². The number of nitrogens with zero attached hydrogens (tertiary/aromatic N) is 3. The van der Waals surface area contributed by atoms with Gasteiger partial charge in [0.05, 0.1) is 23.6 Å². The summed E-state index contributed by atoms with van der Waals surface area (Å²) in [5.74, 6) is -1.12. The highest BCUT2D eigenvalue weighted by Gasteiger charge is 2.29. The highest BCUT2D eigenvalue weighted by Crippen LogP contribution is 2.22. The van der Waals surface area contributed by atoms with Crippen molar-refractivity contribution in [3.05, 3.63) is 78.8 Å². The van der Waals surface area contributed by atoms with Crippen LogP contribution in [0.4, 0.5) is 17.1 Å². The van der Waals surface area contributed by atoms with Gasteiger partial charge in [-0.1, -0.05) is 18.2 Å². The predicted molar refractivity (Wildman–Crippen MR) is 124 cm³/mol. The van der Waals surface area contributed by atoms with E-state index in [0.29, 0.717) is 37.3 Å². The standard InChI is InChI=1S/C25H24N4O5/c30-23(26-19-8-10-21(11-9-19)28-27-20-5-2-1-3-6-20)17-34-25(32)18-12-14-29(15-13-18)24(31)22-7-4-16-33-22/h1-11,16,18H,12-15,17H2,(H,26,30). The first-order valence-electron chi connectivity index (χ1n) is 10.9. The molecule has 4 rings (SSSR count). The van der Waals surface area contributed by atoms with Gasteiger partial charge in [-0.15, -0.1) is 0 Å². The molecule has 0 aliphatic carbocycles. The van der Waals surface area contributed by atoms with E-state index in [-0.39, 0.29) is 24.2 Å². The van der Waals surface area contributed by atoms with Crippen LogP contribution in [-0.2, 0) is 14.3 Å². The summed E-state index contributed by atoms with van der Waals surface area (Å²) in [5.41, 5.74) is 1.95. The molecule has 3 aromatic rings. The Morgan fingerprint density at radius 1 is 0.912 bits per heavy atom. The number of azo groups is 1. The van der Waals surface area contributed by atoms with Crippen molar-refractivity contribution in [1.29, 1.82) is 0 Å². The van der Waals surface area contributed by atoms with E-state index in [1.165, 1.54) is 6.26 Å². The van der Waals surface area contributed by atoms with Crippen molar-refractivity contribution in [1.82, 2.24) is 4.90 Å². The van der Waals surface area contributed by atoms with E-state index in [1.807, 2.05) is 30.3 Å². The van der Waals surface area contributed by atoms with E-state index in [4.69, 9.17) is 9.15 Å². The molecule has 9 nitrogen and oxygen atoms in total. The Morgan fingerprint density at radius 3 is 2.24 bits per heavy atom. The highest BCUT2D eigenvalue weighted by molar-refractivity contribution is 5.93. The van der Waals surface area contributed by atoms with Crippen LogP contribution in [0.1, 0.15) is 23.4 Å². The number of esters is 1. The number of anilines is 1. The van der Waals surface area contributed by atoms with Crippen LogP contribution in [0.15, 0.2) is 87.6 Å². The van der Waals surface area contributed by atoms with Gasteiger partial charge < -0.3 is 19.4 Å². The number of ether oxygens (including phenoxy) is 1. The van der Waals surface area contributed by atoms with Crippen LogP contribution in [0.3, 0.4) is 0 Å². The minimum atomic E-state index is -0.433. The van der Waals surface area contributed by atoms with Crippen molar-refractivity contribution in [2.24, 2.45) is 16.1 Å². The summed E-state index contributed by atoms with van der Waals surface area (Å²) in [6.45, 7) is 0.485. The number of amides is 2. The van der Waals surface area contributed by atoms with Gasteiger partial charge in [0.15, 0.2) is 12.4 Å². The van der Waals surface area contributed by atoms with Crippen LogP contribution in [-0.4, -0.2) is 42.4 Å². The van der Waals surface area contributed by atoms with E-state index in [2.05, 4.69) is 15.5 Å². The van der Waals surface area contributed by atoms with Gasteiger partial charge in [0.2, 0.25) is 0 Å². The maximum Gasteiger partial charge on any atom is 0.309 e. The summed E-state index contributed by atoms with van der Waals surface area (Å²) in [7, 11) is 0. The molecule has 2 heterocycles. The van der Waals surface area contributed by atoms with Gasteiger partial charge in [0, 0.05) is 18.8 Å². The first kappa shape index (κ1) is 22.9. The molecule has 1 fully saturated rings. The molecule has 1 saturated heterocycles. The van der Waals surface area contributed by atoms with Crippen LogP contribution in [0.5, 0.6) is 0 Å². The van der Waals surface area contributed by atoms with Gasteiger partial charge in [-0.3, -0.25) is 14.4 Å². The molecule has 34 heavy (non-hydrogen) atoms. The topological polar surface area (TPSA) is 114 Å². The third-order valence-electron chi connectivity index (χ3n) is 5.38. The highest BCUT2D eigenvalue weighted by atomic mass is 16.5. The molecule has 9 heteroatoms. The van der Waals surface area contributed by atoms with Gasteiger partial charge in [0.25, 0.3) is 11.8 Å². The van der Waals surface area contributed by atoms with Gasteiger partial charge in [-0.05, 0) is 61.4 Å². The number of piperidine rings is 1. The molecule has 2 aromatic carbocycles. The lowest BCUT2D eigenvalue weighted by Gasteiger charge is -2.30. The summed E-state index contributed by atoms with van der Waals surface area (Å²) in [6, 6.07) is 19.5. The lowest BCUT2D eigenvalue weighted by molar-refractivity contribution is -0.152. The van der Waals surface area contributed by atoms with Crippen LogP contribution in [0, 0.1) is 5.92 Å². The van der Waals surface area contributed by atoms with Crippen molar-refractivity contribution >= 4 is 34.8 Å². The lowest BCUT2D eigenvalue weighted by atomic mass is 9.97. The Labute approximate surface area is 196 Å². The largest absolute Gasteiger partial charge is 0.459 e. The maximum absolute atomic E-state index is 12.3. The van der Waals surface area contributed by atoms with E-state index < -0.39 is 11.9 Å². The smallest absolute Gasteiger partial charge is 0.309 e. The molecular weight excluding hydrogens is 436 g/mol. The first-order valence-corrected chi connectivity index (χ1v) is 10.9. The first-order chi connectivity index (χ1) is 16.6. The second-order valence-corrected chi connectivity index (χ2v) is 7.78. The Kier molecular flexibility index (Phi) is 7.44. The fourth-order valence-electron chi connectivity index (χ4n) is 3.55. The number of benzene rings is 2. The predicted octanol–water partition coefficient (Wildman–Crippen LogP) is 4.73. The molecular formula is C25H24N4O5. The summed E-state index contributed by atoms with van der Waals surface area (Å²) < 4.78 is 10.3. The zero-order valence-electron chi connectivity index (χ0n) is 18.4.